The number of halogens is 1. The van der Waals surface area contributed by atoms with E-state index in [0.29, 0.717) is 43.1 Å². The van der Waals surface area contributed by atoms with E-state index in [2.05, 4.69) is 15.5 Å². The van der Waals surface area contributed by atoms with E-state index >= 15 is 0 Å². The summed E-state index contributed by atoms with van der Waals surface area (Å²) < 4.78 is 13.5. The van der Waals surface area contributed by atoms with E-state index in [1.54, 1.807) is 11.3 Å². The normalized spacial score (nSPS) is 24.6. The Morgan fingerprint density at radius 2 is 1.82 bits per heavy atom. The Hall–Kier alpha value is -3.17. The highest BCUT2D eigenvalue weighted by Gasteiger charge is 2.42. The van der Waals surface area contributed by atoms with Crippen LogP contribution in [-0.2, 0) is 15.1 Å². The first kappa shape index (κ1) is 27.4. The van der Waals surface area contributed by atoms with Gasteiger partial charge in [0.1, 0.15) is 11.9 Å². The molecule has 0 saturated heterocycles. The van der Waals surface area contributed by atoms with Crippen LogP contribution < -0.4 is 11.1 Å². The standard InChI is InChI=1S/C30H36FN5O2S/c1-3-28(38)36(2)24-10-4-19(5-11-24)14-27(37)33-26-15-25(21-12-13-39-18-21)29(35-34-26)20-6-8-22(9-7-20)30(32)16-23(31)17-30/h6-9,12-13,15,18-19,23-24H,3-5,10-11,14,16-17,32H2,1-2H3,(H,33,34,37)/t19-,23?,24-,30?. The smallest absolute Gasteiger partial charge is 0.225 e. The zero-order valence-electron chi connectivity index (χ0n) is 22.5. The zero-order valence-corrected chi connectivity index (χ0v) is 23.3. The quantitative estimate of drug-likeness (QED) is 0.364. The Morgan fingerprint density at radius 3 is 2.44 bits per heavy atom. The molecule has 0 unspecified atom stereocenters. The number of anilines is 1. The molecule has 39 heavy (non-hydrogen) atoms. The van der Waals surface area contributed by atoms with Gasteiger partial charge in [-0.3, -0.25) is 9.59 Å². The second-order valence-corrected chi connectivity index (χ2v) is 11.8. The lowest BCUT2D eigenvalue weighted by molar-refractivity contribution is -0.132. The van der Waals surface area contributed by atoms with Crippen molar-refractivity contribution in [2.45, 2.75) is 76.0 Å². The maximum atomic E-state index is 13.5. The Bertz CT molecular complexity index is 1300. The first-order valence-electron chi connectivity index (χ1n) is 13.8. The van der Waals surface area contributed by atoms with Gasteiger partial charge in [0.2, 0.25) is 11.8 Å². The highest BCUT2D eigenvalue weighted by atomic mass is 32.1. The summed E-state index contributed by atoms with van der Waals surface area (Å²) in [7, 11) is 1.88. The van der Waals surface area contributed by atoms with Crippen LogP contribution in [0.15, 0.2) is 47.2 Å². The van der Waals surface area contributed by atoms with Gasteiger partial charge in [0, 0.05) is 55.4 Å². The summed E-state index contributed by atoms with van der Waals surface area (Å²) >= 11 is 1.59. The van der Waals surface area contributed by atoms with Gasteiger partial charge in [-0.1, -0.05) is 31.2 Å². The van der Waals surface area contributed by atoms with Crippen molar-refractivity contribution >= 4 is 29.0 Å². The van der Waals surface area contributed by atoms with Gasteiger partial charge in [-0.25, -0.2) is 4.39 Å². The summed E-state index contributed by atoms with van der Waals surface area (Å²) in [6, 6.07) is 12.0. The van der Waals surface area contributed by atoms with Crippen LogP contribution in [0.4, 0.5) is 10.2 Å². The molecule has 2 aromatic heterocycles. The van der Waals surface area contributed by atoms with Crippen molar-refractivity contribution in [1.29, 1.82) is 0 Å². The summed E-state index contributed by atoms with van der Waals surface area (Å²) in [6.45, 7) is 1.89. The van der Waals surface area contributed by atoms with Crippen LogP contribution in [0.25, 0.3) is 22.4 Å². The number of hydrogen-bond donors (Lipinski definition) is 2. The third kappa shape index (κ3) is 6.04. The van der Waals surface area contributed by atoms with Crippen LogP contribution in [0.2, 0.25) is 0 Å². The fraction of sp³-hybridized carbons (Fsp3) is 0.467. The molecule has 2 aliphatic rings. The highest BCUT2D eigenvalue weighted by molar-refractivity contribution is 7.08. The van der Waals surface area contributed by atoms with E-state index in [1.165, 1.54) is 0 Å². The maximum Gasteiger partial charge on any atom is 0.225 e. The molecular weight excluding hydrogens is 513 g/mol. The van der Waals surface area contributed by atoms with Crippen molar-refractivity contribution in [3.05, 3.63) is 52.7 Å². The average molecular weight is 550 g/mol. The van der Waals surface area contributed by atoms with Gasteiger partial charge in [-0.15, -0.1) is 10.2 Å². The first-order chi connectivity index (χ1) is 18.8. The molecule has 2 fully saturated rings. The molecule has 2 amide bonds. The molecule has 7 nitrogen and oxygen atoms in total. The number of nitrogens with two attached hydrogens (primary N) is 1. The van der Waals surface area contributed by atoms with Crippen molar-refractivity contribution < 1.29 is 14.0 Å². The van der Waals surface area contributed by atoms with Crippen LogP contribution in [-0.4, -0.2) is 46.2 Å². The molecule has 3 aromatic rings. The maximum absolute atomic E-state index is 13.5. The number of rotatable bonds is 8. The summed E-state index contributed by atoms with van der Waals surface area (Å²) in [5.74, 6) is 0.821. The van der Waals surface area contributed by atoms with Crippen molar-refractivity contribution in [1.82, 2.24) is 15.1 Å². The lowest BCUT2D eigenvalue weighted by atomic mass is 9.71. The molecule has 9 heteroatoms. The number of amides is 2. The number of carbonyl (C=O) groups is 2. The molecule has 1 aromatic carbocycles. The largest absolute Gasteiger partial charge is 0.343 e. The van der Waals surface area contributed by atoms with E-state index in [4.69, 9.17) is 5.73 Å². The van der Waals surface area contributed by atoms with Crippen molar-refractivity contribution in [3.8, 4) is 22.4 Å². The van der Waals surface area contributed by atoms with Crippen LogP contribution in [0.3, 0.4) is 0 Å². The van der Waals surface area contributed by atoms with Crippen LogP contribution in [0, 0.1) is 5.92 Å². The van der Waals surface area contributed by atoms with Gasteiger partial charge in [0.25, 0.3) is 0 Å². The number of nitrogens with zero attached hydrogens (tertiary/aromatic N) is 3. The molecule has 5 rings (SSSR count). The van der Waals surface area contributed by atoms with Crippen LogP contribution >= 0.6 is 11.3 Å². The molecule has 3 N–H and O–H groups in total. The molecule has 2 heterocycles. The van der Waals surface area contributed by atoms with Crippen molar-refractivity contribution in [3.63, 3.8) is 0 Å². The molecule has 206 valence electrons. The Labute approximate surface area is 233 Å². The second-order valence-electron chi connectivity index (χ2n) is 11.0. The van der Waals surface area contributed by atoms with Gasteiger partial charge in [0.05, 0.1) is 0 Å². The minimum atomic E-state index is -0.832. The summed E-state index contributed by atoms with van der Waals surface area (Å²) in [5, 5.41) is 15.8. The number of carbonyl (C=O) groups excluding carboxylic acids is 2. The Balaban J connectivity index is 1.26. The SMILES string of the molecule is CCC(=O)N(C)[C@H]1CC[C@H](CC(=O)Nc2cc(-c3ccsc3)c(-c3ccc(C4(N)CC(F)C4)cc3)nn2)CC1. The predicted octanol–water partition coefficient (Wildman–Crippen LogP) is 5.91. The molecule has 0 bridgehead atoms. The van der Waals surface area contributed by atoms with E-state index in [0.717, 1.165) is 47.9 Å². The van der Waals surface area contributed by atoms with Crippen LogP contribution in [0.5, 0.6) is 0 Å². The van der Waals surface area contributed by atoms with Crippen molar-refractivity contribution in [2.75, 3.05) is 12.4 Å². The van der Waals surface area contributed by atoms with E-state index in [-0.39, 0.29) is 17.9 Å². The van der Waals surface area contributed by atoms with Gasteiger partial charge >= 0.3 is 0 Å². The number of thiophene rings is 1. The monoisotopic (exact) mass is 549 g/mol. The second kappa shape index (κ2) is 11.5. The molecular formula is C30H36FN5O2S. The van der Waals surface area contributed by atoms with Gasteiger partial charge in [-0.2, -0.15) is 11.3 Å². The average Bonchev–Trinajstić information content (AvgIpc) is 3.47. The minimum absolute atomic E-state index is 0.0704. The lowest BCUT2D eigenvalue weighted by Gasteiger charge is -2.41. The topological polar surface area (TPSA) is 101 Å². The number of hydrogen-bond acceptors (Lipinski definition) is 6. The van der Waals surface area contributed by atoms with Gasteiger partial charge in [-0.05, 0) is 65.6 Å². The van der Waals surface area contributed by atoms with Gasteiger partial charge in [0.15, 0.2) is 5.82 Å². The Morgan fingerprint density at radius 1 is 1.10 bits per heavy atom. The summed E-state index contributed by atoms with van der Waals surface area (Å²) in [6.07, 6.45) is 4.51. The van der Waals surface area contributed by atoms with E-state index < -0.39 is 11.7 Å². The van der Waals surface area contributed by atoms with E-state index in [1.807, 2.05) is 66.0 Å². The fourth-order valence-corrected chi connectivity index (χ4v) is 6.53. The predicted molar refractivity (Wildman–Crippen MR) is 153 cm³/mol. The van der Waals surface area contributed by atoms with Gasteiger partial charge < -0.3 is 16.0 Å². The van der Waals surface area contributed by atoms with Crippen molar-refractivity contribution in [2.24, 2.45) is 11.7 Å². The molecule has 2 aliphatic carbocycles. The number of benzene rings is 1. The summed E-state index contributed by atoms with van der Waals surface area (Å²) in [4.78, 5) is 26.8. The Kier molecular flexibility index (Phi) is 8.09. The molecule has 0 radical (unpaired) electrons. The third-order valence-electron chi connectivity index (χ3n) is 8.33. The fourth-order valence-electron chi connectivity index (χ4n) is 5.88. The highest BCUT2D eigenvalue weighted by Crippen LogP contribution is 2.42. The molecule has 0 aliphatic heterocycles. The molecule has 2 saturated carbocycles. The first-order valence-corrected chi connectivity index (χ1v) is 14.7. The summed E-state index contributed by atoms with van der Waals surface area (Å²) in [5.41, 5.74) is 10.2. The lowest BCUT2D eigenvalue weighted by Crippen LogP contribution is -2.50. The molecule has 0 spiro atoms. The van der Waals surface area contributed by atoms with Crippen LogP contribution in [0.1, 0.15) is 63.9 Å². The number of aromatic nitrogens is 2. The molecule has 0 atom stereocenters. The third-order valence-corrected chi connectivity index (χ3v) is 9.02. The van der Waals surface area contributed by atoms with E-state index in [9.17, 15) is 14.0 Å². The zero-order chi connectivity index (χ0) is 27.6. The minimum Gasteiger partial charge on any atom is -0.343 e. The number of nitrogens with one attached hydrogen (secondary N) is 1. The number of alkyl halides is 1.